The van der Waals surface area contributed by atoms with Crippen LogP contribution in [-0.2, 0) is 0 Å². The Labute approximate surface area is 77.7 Å². The highest BCUT2D eigenvalue weighted by Gasteiger charge is 2.20. The SMILES string of the molecule is CC(C)(C)CCC(C)(C)CCN. The first-order chi connectivity index (χ1) is 5.27. The Bertz CT molecular complexity index is 119. The van der Waals surface area contributed by atoms with Crippen LogP contribution in [-0.4, -0.2) is 6.54 Å². The molecule has 0 rings (SSSR count). The fourth-order valence-corrected chi connectivity index (χ4v) is 1.23. The van der Waals surface area contributed by atoms with Crippen molar-refractivity contribution in [3.63, 3.8) is 0 Å². The summed E-state index contributed by atoms with van der Waals surface area (Å²) >= 11 is 0. The Morgan fingerprint density at radius 3 is 1.67 bits per heavy atom. The molecule has 0 unspecified atom stereocenters. The van der Waals surface area contributed by atoms with Gasteiger partial charge < -0.3 is 5.73 Å². The molecule has 0 aliphatic rings. The maximum atomic E-state index is 5.55. The normalized spacial score (nSPS) is 13.5. The molecule has 0 aliphatic heterocycles. The number of nitrogens with two attached hydrogens (primary N) is 1. The van der Waals surface area contributed by atoms with Crippen molar-refractivity contribution in [1.82, 2.24) is 0 Å². The molecule has 0 aromatic carbocycles. The summed E-state index contributed by atoms with van der Waals surface area (Å²) in [5, 5.41) is 0. The van der Waals surface area contributed by atoms with Crippen molar-refractivity contribution < 1.29 is 0 Å². The van der Waals surface area contributed by atoms with Crippen molar-refractivity contribution >= 4 is 0 Å². The number of hydrogen-bond acceptors (Lipinski definition) is 1. The van der Waals surface area contributed by atoms with E-state index in [4.69, 9.17) is 5.73 Å². The second-order valence-electron chi connectivity index (χ2n) is 5.76. The molecule has 1 heteroatoms. The fraction of sp³-hybridized carbons (Fsp3) is 1.00. The highest BCUT2D eigenvalue weighted by molar-refractivity contribution is 4.73. The summed E-state index contributed by atoms with van der Waals surface area (Å²) < 4.78 is 0. The van der Waals surface area contributed by atoms with Gasteiger partial charge in [-0.1, -0.05) is 34.6 Å². The van der Waals surface area contributed by atoms with E-state index in [-0.39, 0.29) is 0 Å². The average Bonchev–Trinajstić information content (AvgIpc) is 1.83. The first-order valence-electron chi connectivity index (χ1n) is 4.97. The summed E-state index contributed by atoms with van der Waals surface area (Å²) in [7, 11) is 0. The van der Waals surface area contributed by atoms with Crippen molar-refractivity contribution in [3.8, 4) is 0 Å². The molecule has 0 heterocycles. The second kappa shape index (κ2) is 4.27. The Hall–Kier alpha value is -0.0400. The monoisotopic (exact) mass is 171 g/mol. The standard InChI is InChI=1S/C11H25N/c1-10(2,3)6-7-11(4,5)8-9-12/h6-9,12H2,1-5H3. The van der Waals surface area contributed by atoms with Gasteiger partial charge in [0.15, 0.2) is 0 Å². The van der Waals surface area contributed by atoms with E-state index < -0.39 is 0 Å². The number of hydrogen-bond donors (Lipinski definition) is 1. The Kier molecular flexibility index (Phi) is 4.25. The van der Waals surface area contributed by atoms with Crippen LogP contribution in [0.2, 0.25) is 0 Å². The van der Waals surface area contributed by atoms with Crippen molar-refractivity contribution in [1.29, 1.82) is 0 Å². The third-order valence-electron chi connectivity index (χ3n) is 2.37. The minimum absolute atomic E-state index is 0.433. The Balaban J connectivity index is 3.75. The Morgan fingerprint density at radius 1 is 0.833 bits per heavy atom. The lowest BCUT2D eigenvalue weighted by molar-refractivity contribution is 0.244. The molecule has 0 fully saturated rings. The van der Waals surface area contributed by atoms with Crippen molar-refractivity contribution in [2.24, 2.45) is 16.6 Å². The van der Waals surface area contributed by atoms with Crippen LogP contribution in [0.1, 0.15) is 53.9 Å². The lowest BCUT2D eigenvalue weighted by atomic mass is 9.78. The maximum Gasteiger partial charge on any atom is -0.00722 e. The summed E-state index contributed by atoms with van der Waals surface area (Å²) in [6.07, 6.45) is 3.72. The first kappa shape index (κ1) is 12.0. The van der Waals surface area contributed by atoms with Gasteiger partial charge in [0, 0.05) is 0 Å². The molecule has 0 atom stereocenters. The van der Waals surface area contributed by atoms with Crippen LogP contribution >= 0.6 is 0 Å². The van der Waals surface area contributed by atoms with Gasteiger partial charge in [0.25, 0.3) is 0 Å². The van der Waals surface area contributed by atoms with Gasteiger partial charge in [-0.2, -0.15) is 0 Å². The van der Waals surface area contributed by atoms with E-state index in [1.165, 1.54) is 12.8 Å². The van der Waals surface area contributed by atoms with Crippen LogP contribution in [0.25, 0.3) is 0 Å². The van der Waals surface area contributed by atoms with Gasteiger partial charge in [0.2, 0.25) is 0 Å². The zero-order valence-corrected chi connectivity index (χ0v) is 9.41. The van der Waals surface area contributed by atoms with Gasteiger partial charge >= 0.3 is 0 Å². The van der Waals surface area contributed by atoms with E-state index in [0.717, 1.165) is 13.0 Å². The van der Waals surface area contributed by atoms with Crippen LogP contribution in [0.4, 0.5) is 0 Å². The lowest BCUT2D eigenvalue weighted by Gasteiger charge is -2.28. The van der Waals surface area contributed by atoms with Crippen LogP contribution in [0.5, 0.6) is 0 Å². The Morgan fingerprint density at radius 2 is 1.33 bits per heavy atom. The highest BCUT2D eigenvalue weighted by Crippen LogP contribution is 2.32. The average molecular weight is 171 g/mol. The molecule has 0 amide bonds. The molecule has 0 saturated heterocycles. The molecule has 0 spiro atoms. The second-order valence-corrected chi connectivity index (χ2v) is 5.76. The quantitative estimate of drug-likeness (QED) is 0.690. The zero-order chi connectivity index (χ0) is 9.83. The van der Waals surface area contributed by atoms with Crippen LogP contribution in [0, 0.1) is 10.8 Å². The number of rotatable bonds is 4. The fourth-order valence-electron chi connectivity index (χ4n) is 1.23. The van der Waals surface area contributed by atoms with Crippen molar-refractivity contribution in [2.75, 3.05) is 6.54 Å². The maximum absolute atomic E-state index is 5.55. The molecule has 2 N–H and O–H groups in total. The summed E-state index contributed by atoms with van der Waals surface area (Å²) in [6.45, 7) is 12.3. The molecular formula is C11H25N. The van der Waals surface area contributed by atoms with E-state index in [1.807, 2.05) is 0 Å². The molecule has 12 heavy (non-hydrogen) atoms. The van der Waals surface area contributed by atoms with E-state index in [9.17, 15) is 0 Å². The third kappa shape index (κ3) is 6.66. The van der Waals surface area contributed by atoms with E-state index in [1.54, 1.807) is 0 Å². The van der Waals surface area contributed by atoms with Gasteiger partial charge in [-0.25, -0.2) is 0 Å². The van der Waals surface area contributed by atoms with E-state index in [2.05, 4.69) is 34.6 Å². The predicted molar refractivity (Wildman–Crippen MR) is 56.1 cm³/mol. The molecule has 0 aliphatic carbocycles. The van der Waals surface area contributed by atoms with E-state index in [0.29, 0.717) is 10.8 Å². The van der Waals surface area contributed by atoms with Gasteiger partial charge in [-0.3, -0.25) is 0 Å². The molecule has 0 aromatic rings. The van der Waals surface area contributed by atoms with Gasteiger partial charge in [-0.05, 0) is 36.6 Å². The minimum Gasteiger partial charge on any atom is -0.330 e. The predicted octanol–water partition coefficient (Wildman–Crippen LogP) is 3.19. The lowest BCUT2D eigenvalue weighted by Crippen LogP contribution is -2.19. The molecule has 74 valence electrons. The highest BCUT2D eigenvalue weighted by atomic mass is 14.5. The minimum atomic E-state index is 0.433. The zero-order valence-electron chi connectivity index (χ0n) is 9.41. The van der Waals surface area contributed by atoms with Crippen LogP contribution in [0.3, 0.4) is 0 Å². The third-order valence-corrected chi connectivity index (χ3v) is 2.37. The van der Waals surface area contributed by atoms with E-state index >= 15 is 0 Å². The van der Waals surface area contributed by atoms with Crippen molar-refractivity contribution in [3.05, 3.63) is 0 Å². The van der Waals surface area contributed by atoms with Crippen LogP contribution in [0.15, 0.2) is 0 Å². The molecule has 1 nitrogen and oxygen atoms in total. The van der Waals surface area contributed by atoms with Crippen LogP contribution < -0.4 is 5.73 Å². The molecule has 0 saturated carbocycles. The van der Waals surface area contributed by atoms with Gasteiger partial charge in [0.1, 0.15) is 0 Å². The molecule has 0 aromatic heterocycles. The summed E-state index contributed by atoms with van der Waals surface area (Å²) in [5.74, 6) is 0. The molecule has 0 bridgehead atoms. The smallest absolute Gasteiger partial charge is 0.00722 e. The topological polar surface area (TPSA) is 26.0 Å². The summed E-state index contributed by atoms with van der Waals surface area (Å²) in [4.78, 5) is 0. The molecule has 0 radical (unpaired) electrons. The van der Waals surface area contributed by atoms with Gasteiger partial charge in [0.05, 0.1) is 0 Å². The molecular weight excluding hydrogens is 146 g/mol. The van der Waals surface area contributed by atoms with Gasteiger partial charge in [-0.15, -0.1) is 0 Å². The largest absolute Gasteiger partial charge is 0.330 e. The van der Waals surface area contributed by atoms with Crippen molar-refractivity contribution in [2.45, 2.75) is 53.9 Å². The summed E-state index contributed by atoms with van der Waals surface area (Å²) in [5.41, 5.74) is 6.45. The summed E-state index contributed by atoms with van der Waals surface area (Å²) in [6, 6.07) is 0. The first-order valence-corrected chi connectivity index (χ1v) is 4.97.